The molecule has 1 saturated carbocycles. The van der Waals surface area contributed by atoms with E-state index >= 15 is 0 Å². The second-order valence-electron chi connectivity index (χ2n) is 5.23. The third-order valence-electron chi connectivity index (χ3n) is 3.64. The number of rotatable bonds is 3. The second-order valence-corrected chi connectivity index (χ2v) is 7.76. The fraction of sp³-hybridized carbons (Fsp3) is 0.500. The molecule has 1 aliphatic carbocycles. The van der Waals surface area contributed by atoms with Crippen LogP contribution in [0.3, 0.4) is 0 Å². The molecule has 2 rings (SSSR count). The van der Waals surface area contributed by atoms with E-state index in [1.807, 2.05) is 0 Å². The molecule has 0 atom stereocenters. The third-order valence-corrected chi connectivity index (χ3v) is 5.12. The maximum Gasteiger partial charge on any atom is 0.261 e. The predicted octanol–water partition coefficient (Wildman–Crippen LogP) is 2.99. The smallest absolute Gasteiger partial charge is 0.261 e. The van der Waals surface area contributed by atoms with Gasteiger partial charge in [-0.3, -0.25) is 4.79 Å². The van der Waals surface area contributed by atoms with E-state index in [1.165, 1.54) is 18.6 Å². The summed E-state index contributed by atoms with van der Waals surface area (Å²) in [5.41, 5.74) is 0.952. The summed E-state index contributed by atoms with van der Waals surface area (Å²) in [5, 5.41) is 3.00. The third kappa shape index (κ3) is 3.73. The normalized spacial score (nSPS) is 16.9. The Morgan fingerprint density at radius 1 is 1.25 bits per heavy atom. The zero-order chi connectivity index (χ0) is 14.8. The van der Waals surface area contributed by atoms with Crippen molar-refractivity contribution in [3.05, 3.63) is 29.3 Å². The van der Waals surface area contributed by atoms with E-state index in [0.717, 1.165) is 25.7 Å². The summed E-state index contributed by atoms with van der Waals surface area (Å²) in [5.74, 6) is -0.154. The van der Waals surface area contributed by atoms with Crippen molar-refractivity contribution >= 4 is 25.6 Å². The van der Waals surface area contributed by atoms with Gasteiger partial charge < -0.3 is 5.32 Å². The van der Waals surface area contributed by atoms with E-state index in [1.54, 1.807) is 13.0 Å². The largest absolute Gasteiger partial charge is 0.349 e. The molecular formula is C14H18ClNO3S. The molecule has 4 nitrogen and oxygen atoms in total. The summed E-state index contributed by atoms with van der Waals surface area (Å²) in [6.45, 7) is 1.63. The van der Waals surface area contributed by atoms with Crippen LogP contribution in [-0.2, 0) is 9.05 Å². The lowest BCUT2D eigenvalue weighted by molar-refractivity contribution is 0.0927. The van der Waals surface area contributed by atoms with Crippen molar-refractivity contribution in [1.29, 1.82) is 0 Å². The maximum atomic E-state index is 12.1. The Kier molecular flexibility index (Phi) is 4.70. The topological polar surface area (TPSA) is 63.2 Å². The number of carbonyl (C=O) groups is 1. The number of amides is 1. The molecule has 1 aliphatic rings. The van der Waals surface area contributed by atoms with Crippen molar-refractivity contribution in [2.75, 3.05) is 0 Å². The van der Waals surface area contributed by atoms with Crippen molar-refractivity contribution in [3.8, 4) is 0 Å². The number of carbonyl (C=O) groups excluding carboxylic acids is 1. The van der Waals surface area contributed by atoms with Crippen molar-refractivity contribution in [2.24, 2.45) is 0 Å². The molecule has 1 aromatic rings. The molecule has 20 heavy (non-hydrogen) atoms. The van der Waals surface area contributed by atoms with Crippen LogP contribution < -0.4 is 5.32 Å². The molecule has 0 heterocycles. The van der Waals surface area contributed by atoms with Gasteiger partial charge in [0, 0.05) is 22.3 Å². The van der Waals surface area contributed by atoms with Gasteiger partial charge in [-0.05, 0) is 43.5 Å². The average molecular weight is 316 g/mol. The minimum atomic E-state index is -3.76. The molecule has 0 radical (unpaired) electrons. The summed E-state index contributed by atoms with van der Waals surface area (Å²) in [6.07, 6.45) is 5.55. The molecule has 0 aromatic heterocycles. The Morgan fingerprint density at radius 3 is 2.45 bits per heavy atom. The van der Waals surface area contributed by atoms with Gasteiger partial charge >= 0.3 is 0 Å². The van der Waals surface area contributed by atoms with E-state index in [2.05, 4.69) is 5.32 Å². The number of halogens is 1. The van der Waals surface area contributed by atoms with Crippen LogP contribution in [0.2, 0.25) is 0 Å². The maximum absolute atomic E-state index is 12.1. The minimum Gasteiger partial charge on any atom is -0.349 e. The predicted molar refractivity (Wildman–Crippen MR) is 78.6 cm³/mol. The summed E-state index contributed by atoms with van der Waals surface area (Å²) in [7, 11) is 1.56. The Labute approximate surface area is 123 Å². The van der Waals surface area contributed by atoms with Gasteiger partial charge in [0.05, 0.1) is 4.90 Å². The quantitative estimate of drug-likeness (QED) is 0.872. The Bertz CT molecular complexity index is 607. The summed E-state index contributed by atoms with van der Waals surface area (Å²) >= 11 is 0. The van der Waals surface area contributed by atoms with Gasteiger partial charge in [0.1, 0.15) is 0 Å². The van der Waals surface area contributed by atoms with Crippen LogP contribution in [0.25, 0.3) is 0 Å². The van der Waals surface area contributed by atoms with Crippen LogP contribution in [0.1, 0.15) is 48.0 Å². The van der Waals surface area contributed by atoms with Gasteiger partial charge in [-0.15, -0.1) is 0 Å². The summed E-state index contributed by atoms with van der Waals surface area (Å²) in [6, 6.07) is 4.68. The van der Waals surface area contributed by atoms with E-state index in [0.29, 0.717) is 11.1 Å². The molecule has 0 spiro atoms. The molecule has 110 valence electrons. The fourth-order valence-electron chi connectivity index (χ4n) is 2.58. The fourth-order valence-corrected chi connectivity index (χ4v) is 3.77. The van der Waals surface area contributed by atoms with Gasteiger partial charge in [-0.1, -0.05) is 19.3 Å². The van der Waals surface area contributed by atoms with Gasteiger partial charge in [0.25, 0.3) is 15.0 Å². The highest BCUT2D eigenvalue weighted by molar-refractivity contribution is 8.13. The Hall–Kier alpha value is -1.07. The van der Waals surface area contributed by atoms with Crippen LogP contribution in [0.5, 0.6) is 0 Å². The molecule has 6 heteroatoms. The number of hydrogen-bond acceptors (Lipinski definition) is 3. The van der Waals surface area contributed by atoms with E-state index in [-0.39, 0.29) is 16.8 Å². The Balaban J connectivity index is 2.13. The SMILES string of the molecule is Cc1cc(C(=O)NC2CCCCC2)ccc1S(=O)(=O)Cl. The van der Waals surface area contributed by atoms with E-state index in [9.17, 15) is 13.2 Å². The highest BCUT2D eigenvalue weighted by atomic mass is 35.7. The van der Waals surface area contributed by atoms with Crippen LogP contribution >= 0.6 is 10.7 Å². The number of hydrogen-bond donors (Lipinski definition) is 1. The molecule has 1 N–H and O–H groups in total. The molecule has 0 saturated heterocycles. The standard InChI is InChI=1S/C14H18ClNO3S/c1-10-9-11(7-8-13(10)20(15,18)19)14(17)16-12-5-3-2-4-6-12/h7-9,12H,2-6H2,1H3,(H,16,17). The van der Waals surface area contributed by atoms with Crippen LogP contribution in [0, 0.1) is 6.92 Å². The summed E-state index contributed by atoms with van der Waals surface area (Å²) < 4.78 is 22.6. The molecule has 1 amide bonds. The number of nitrogens with one attached hydrogen (secondary N) is 1. The summed E-state index contributed by atoms with van der Waals surface area (Å²) in [4.78, 5) is 12.2. The van der Waals surface area contributed by atoms with Crippen LogP contribution in [-0.4, -0.2) is 20.4 Å². The van der Waals surface area contributed by atoms with E-state index in [4.69, 9.17) is 10.7 Å². The van der Waals surface area contributed by atoms with Crippen molar-refractivity contribution in [3.63, 3.8) is 0 Å². The van der Waals surface area contributed by atoms with Crippen LogP contribution in [0.4, 0.5) is 0 Å². The molecule has 1 fully saturated rings. The molecule has 1 aromatic carbocycles. The molecule has 0 unspecified atom stereocenters. The van der Waals surface area contributed by atoms with Gasteiger partial charge in [-0.25, -0.2) is 8.42 Å². The van der Waals surface area contributed by atoms with Crippen molar-refractivity contribution in [1.82, 2.24) is 5.32 Å². The first-order valence-electron chi connectivity index (χ1n) is 6.74. The highest BCUT2D eigenvalue weighted by Gasteiger charge is 2.19. The zero-order valence-electron chi connectivity index (χ0n) is 11.4. The molecule has 0 aliphatic heterocycles. The van der Waals surface area contributed by atoms with Crippen LogP contribution in [0.15, 0.2) is 23.1 Å². The van der Waals surface area contributed by atoms with E-state index < -0.39 is 9.05 Å². The Morgan fingerprint density at radius 2 is 1.90 bits per heavy atom. The monoisotopic (exact) mass is 315 g/mol. The van der Waals surface area contributed by atoms with Gasteiger partial charge in [-0.2, -0.15) is 0 Å². The van der Waals surface area contributed by atoms with Gasteiger partial charge in [0.15, 0.2) is 0 Å². The first kappa shape index (κ1) is 15.3. The van der Waals surface area contributed by atoms with Crippen molar-refractivity contribution in [2.45, 2.75) is 50.0 Å². The van der Waals surface area contributed by atoms with Crippen molar-refractivity contribution < 1.29 is 13.2 Å². The zero-order valence-corrected chi connectivity index (χ0v) is 12.9. The number of aryl methyl sites for hydroxylation is 1. The first-order valence-corrected chi connectivity index (χ1v) is 9.05. The minimum absolute atomic E-state index is 0.0494. The lowest BCUT2D eigenvalue weighted by Gasteiger charge is -2.22. The second kappa shape index (κ2) is 6.14. The lowest BCUT2D eigenvalue weighted by atomic mass is 9.95. The highest BCUT2D eigenvalue weighted by Crippen LogP contribution is 2.21. The molecule has 0 bridgehead atoms. The average Bonchev–Trinajstić information content (AvgIpc) is 2.38. The lowest BCUT2D eigenvalue weighted by Crippen LogP contribution is -2.36. The first-order chi connectivity index (χ1) is 9.38. The van der Waals surface area contributed by atoms with Gasteiger partial charge in [0.2, 0.25) is 0 Å². The molecular weight excluding hydrogens is 298 g/mol. The number of benzene rings is 1.